The van der Waals surface area contributed by atoms with Crippen LogP contribution < -0.4 is 10.9 Å². The van der Waals surface area contributed by atoms with Gasteiger partial charge in [0.15, 0.2) is 0 Å². The molecule has 2 heterocycles. The minimum absolute atomic E-state index is 0.0533. The Morgan fingerprint density at radius 1 is 1.58 bits per heavy atom. The molecule has 2 aromatic heterocycles. The molecule has 0 saturated heterocycles. The highest BCUT2D eigenvalue weighted by Crippen LogP contribution is 2.20. The maximum atomic E-state index is 12.2. The Hall–Kier alpha value is -2.11. The maximum absolute atomic E-state index is 12.2. The van der Waals surface area contributed by atoms with E-state index >= 15 is 0 Å². The second-order valence-electron chi connectivity index (χ2n) is 4.61. The van der Waals surface area contributed by atoms with Gasteiger partial charge in [-0.3, -0.25) is 9.59 Å². The summed E-state index contributed by atoms with van der Waals surface area (Å²) in [6.07, 6.45) is 3.12. The summed E-state index contributed by atoms with van der Waals surface area (Å²) in [4.78, 5) is 30.4. The fourth-order valence-corrected chi connectivity index (χ4v) is 2.13. The molecule has 1 amide bonds. The predicted molar refractivity (Wildman–Crippen MR) is 71.2 cm³/mol. The molecule has 0 saturated carbocycles. The largest absolute Gasteiger partial charge is 0.442 e. The van der Waals surface area contributed by atoms with Crippen LogP contribution in [0.4, 0.5) is 0 Å². The SMILES string of the molecule is CCC[C@@H](C)NC(=O)c1c(C)oc2nc[nH]c(=O)c12. The molecule has 6 heteroatoms. The summed E-state index contributed by atoms with van der Waals surface area (Å²) in [6, 6.07) is 0.0533. The number of fused-ring (bicyclic) bond motifs is 1. The topological polar surface area (TPSA) is 88.0 Å². The van der Waals surface area contributed by atoms with Crippen molar-refractivity contribution in [2.75, 3.05) is 0 Å². The zero-order valence-corrected chi connectivity index (χ0v) is 11.2. The second kappa shape index (κ2) is 5.26. The Balaban J connectivity index is 2.42. The number of aromatic nitrogens is 2. The van der Waals surface area contributed by atoms with Crippen LogP contribution in [0.1, 0.15) is 42.8 Å². The van der Waals surface area contributed by atoms with Crippen molar-refractivity contribution < 1.29 is 9.21 Å². The van der Waals surface area contributed by atoms with E-state index in [-0.39, 0.29) is 34.2 Å². The molecule has 0 fully saturated rings. The normalized spacial score (nSPS) is 12.6. The van der Waals surface area contributed by atoms with E-state index in [2.05, 4.69) is 22.2 Å². The molecule has 0 aliphatic heterocycles. The van der Waals surface area contributed by atoms with Crippen molar-refractivity contribution in [1.82, 2.24) is 15.3 Å². The number of H-pyrrole nitrogens is 1. The van der Waals surface area contributed by atoms with Gasteiger partial charge in [0, 0.05) is 6.04 Å². The van der Waals surface area contributed by atoms with Gasteiger partial charge in [0.1, 0.15) is 11.1 Å². The quantitative estimate of drug-likeness (QED) is 0.879. The second-order valence-corrected chi connectivity index (χ2v) is 4.61. The highest BCUT2D eigenvalue weighted by molar-refractivity contribution is 6.06. The number of nitrogens with zero attached hydrogens (tertiary/aromatic N) is 1. The number of rotatable bonds is 4. The van der Waals surface area contributed by atoms with Crippen LogP contribution in [0.25, 0.3) is 11.1 Å². The summed E-state index contributed by atoms with van der Waals surface area (Å²) in [6.45, 7) is 5.64. The summed E-state index contributed by atoms with van der Waals surface area (Å²) in [5.41, 5.74) is 0.0944. The number of hydrogen-bond acceptors (Lipinski definition) is 4. The lowest BCUT2D eigenvalue weighted by Gasteiger charge is -2.12. The lowest BCUT2D eigenvalue weighted by atomic mass is 10.1. The van der Waals surface area contributed by atoms with Crippen LogP contribution in [0, 0.1) is 6.92 Å². The molecule has 2 rings (SSSR count). The number of furan rings is 1. The van der Waals surface area contributed by atoms with Crippen molar-refractivity contribution in [3.8, 4) is 0 Å². The highest BCUT2D eigenvalue weighted by atomic mass is 16.3. The number of hydrogen-bond donors (Lipinski definition) is 2. The Kier molecular flexibility index (Phi) is 3.69. The van der Waals surface area contributed by atoms with E-state index in [1.807, 2.05) is 6.92 Å². The van der Waals surface area contributed by atoms with Gasteiger partial charge >= 0.3 is 0 Å². The van der Waals surface area contributed by atoms with Gasteiger partial charge in [-0.1, -0.05) is 13.3 Å². The standard InChI is InChI=1S/C13H17N3O3/c1-4-5-7(2)16-12(18)9-8(3)19-13-10(9)11(17)14-6-15-13/h6-7H,4-5H2,1-3H3,(H,16,18)(H,14,15,17)/t7-/m1/s1. The van der Waals surface area contributed by atoms with Crippen LogP contribution in [0.2, 0.25) is 0 Å². The van der Waals surface area contributed by atoms with E-state index in [9.17, 15) is 9.59 Å². The van der Waals surface area contributed by atoms with E-state index in [1.54, 1.807) is 6.92 Å². The van der Waals surface area contributed by atoms with Crippen LogP contribution in [-0.2, 0) is 0 Å². The molecule has 2 N–H and O–H groups in total. The molecule has 6 nitrogen and oxygen atoms in total. The molecule has 0 aliphatic rings. The minimum atomic E-state index is -0.366. The van der Waals surface area contributed by atoms with Crippen molar-refractivity contribution in [3.63, 3.8) is 0 Å². The first kappa shape index (κ1) is 13.3. The molecule has 0 bridgehead atoms. The van der Waals surface area contributed by atoms with Gasteiger partial charge in [-0.2, -0.15) is 0 Å². The van der Waals surface area contributed by atoms with Gasteiger partial charge < -0.3 is 14.7 Å². The average molecular weight is 263 g/mol. The number of amides is 1. The molecule has 0 aromatic carbocycles. The summed E-state index contributed by atoms with van der Waals surface area (Å²) < 4.78 is 5.35. The first-order valence-electron chi connectivity index (χ1n) is 6.32. The number of aromatic amines is 1. The van der Waals surface area contributed by atoms with E-state index in [0.717, 1.165) is 12.8 Å². The zero-order chi connectivity index (χ0) is 14.0. The number of carbonyl (C=O) groups is 1. The number of carbonyl (C=O) groups excluding carboxylic acids is 1. The van der Waals surface area contributed by atoms with Gasteiger partial charge in [-0.15, -0.1) is 0 Å². The van der Waals surface area contributed by atoms with E-state index in [0.29, 0.717) is 5.76 Å². The molecular formula is C13H17N3O3. The Bertz CT molecular complexity index is 657. The van der Waals surface area contributed by atoms with Gasteiger partial charge in [-0.25, -0.2) is 4.98 Å². The molecule has 0 spiro atoms. The van der Waals surface area contributed by atoms with Crippen LogP contribution in [0.5, 0.6) is 0 Å². The van der Waals surface area contributed by atoms with Crippen molar-refractivity contribution >= 4 is 17.0 Å². The fraction of sp³-hybridized carbons (Fsp3) is 0.462. The Morgan fingerprint density at radius 3 is 3.00 bits per heavy atom. The Morgan fingerprint density at radius 2 is 2.32 bits per heavy atom. The van der Waals surface area contributed by atoms with E-state index < -0.39 is 0 Å². The van der Waals surface area contributed by atoms with Crippen molar-refractivity contribution in [2.24, 2.45) is 0 Å². The Labute approximate surface area is 110 Å². The molecule has 0 unspecified atom stereocenters. The number of aryl methyl sites for hydroxylation is 1. The van der Waals surface area contributed by atoms with E-state index in [1.165, 1.54) is 6.33 Å². The molecule has 2 aromatic rings. The molecule has 19 heavy (non-hydrogen) atoms. The number of nitrogens with one attached hydrogen (secondary N) is 2. The van der Waals surface area contributed by atoms with Crippen LogP contribution in [0.15, 0.2) is 15.5 Å². The first-order valence-corrected chi connectivity index (χ1v) is 6.32. The summed E-state index contributed by atoms with van der Waals surface area (Å²) in [5.74, 6) is 0.107. The zero-order valence-electron chi connectivity index (χ0n) is 11.2. The first-order chi connectivity index (χ1) is 9.04. The van der Waals surface area contributed by atoms with Crippen molar-refractivity contribution in [2.45, 2.75) is 39.7 Å². The third kappa shape index (κ3) is 2.52. The third-order valence-corrected chi connectivity index (χ3v) is 3.00. The van der Waals surface area contributed by atoms with Gasteiger partial charge in [-0.05, 0) is 20.3 Å². The lowest BCUT2D eigenvalue weighted by molar-refractivity contribution is 0.0938. The smallest absolute Gasteiger partial charge is 0.262 e. The highest BCUT2D eigenvalue weighted by Gasteiger charge is 2.22. The van der Waals surface area contributed by atoms with Crippen molar-refractivity contribution in [1.29, 1.82) is 0 Å². The average Bonchev–Trinajstić information content (AvgIpc) is 2.67. The van der Waals surface area contributed by atoms with Crippen LogP contribution in [-0.4, -0.2) is 21.9 Å². The molecule has 1 atom stereocenters. The minimum Gasteiger partial charge on any atom is -0.442 e. The third-order valence-electron chi connectivity index (χ3n) is 3.00. The van der Waals surface area contributed by atoms with Gasteiger partial charge in [0.2, 0.25) is 5.71 Å². The summed E-state index contributed by atoms with van der Waals surface area (Å²) >= 11 is 0. The molecule has 0 radical (unpaired) electrons. The summed E-state index contributed by atoms with van der Waals surface area (Å²) in [5, 5.41) is 3.07. The fourth-order valence-electron chi connectivity index (χ4n) is 2.13. The molecule has 102 valence electrons. The molecular weight excluding hydrogens is 246 g/mol. The van der Waals surface area contributed by atoms with Crippen LogP contribution >= 0.6 is 0 Å². The van der Waals surface area contributed by atoms with E-state index in [4.69, 9.17) is 4.42 Å². The monoisotopic (exact) mass is 263 g/mol. The van der Waals surface area contributed by atoms with Gasteiger partial charge in [0.25, 0.3) is 11.5 Å². The van der Waals surface area contributed by atoms with Crippen LogP contribution in [0.3, 0.4) is 0 Å². The van der Waals surface area contributed by atoms with Crippen molar-refractivity contribution in [3.05, 3.63) is 28.0 Å². The summed E-state index contributed by atoms with van der Waals surface area (Å²) in [7, 11) is 0. The predicted octanol–water partition coefficient (Wildman–Crippen LogP) is 1.74. The van der Waals surface area contributed by atoms with Gasteiger partial charge in [0.05, 0.1) is 11.9 Å². The maximum Gasteiger partial charge on any atom is 0.262 e. The lowest BCUT2D eigenvalue weighted by Crippen LogP contribution is -2.33. The molecule has 0 aliphatic carbocycles.